The summed E-state index contributed by atoms with van der Waals surface area (Å²) in [6.07, 6.45) is 1.91. The molecule has 0 saturated carbocycles. The first-order valence-electron chi connectivity index (χ1n) is 11.0. The molecule has 1 amide bonds. The lowest BCUT2D eigenvalue weighted by atomic mass is 10.1. The lowest BCUT2D eigenvalue weighted by Crippen LogP contribution is -2.35. The summed E-state index contributed by atoms with van der Waals surface area (Å²) in [7, 11) is 3.45. The van der Waals surface area contributed by atoms with Crippen LogP contribution >= 0.6 is 0 Å². The Balaban J connectivity index is 2.04. The van der Waals surface area contributed by atoms with Crippen LogP contribution in [0.15, 0.2) is 53.3 Å². The van der Waals surface area contributed by atoms with Crippen molar-refractivity contribution in [1.29, 1.82) is 0 Å². The number of hydrogen-bond donors (Lipinski definition) is 0. The smallest absolute Gasteiger partial charge is 0.296 e. The van der Waals surface area contributed by atoms with Crippen LogP contribution in [0.2, 0.25) is 0 Å². The van der Waals surface area contributed by atoms with Crippen LogP contribution in [0.25, 0.3) is 27.5 Å². The predicted molar refractivity (Wildman–Crippen MR) is 127 cm³/mol. The first-order chi connectivity index (χ1) is 15.5. The van der Waals surface area contributed by atoms with Gasteiger partial charge in [-0.15, -0.1) is 0 Å². The van der Waals surface area contributed by atoms with Gasteiger partial charge in [0, 0.05) is 36.4 Å². The number of para-hydroxylation sites is 1. The number of methoxy groups -OCH3 is 1. The molecule has 2 heterocycles. The summed E-state index contributed by atoms with van der Waals surface area (Å²) in [6.45, 7) is 5.30. The second-order valence-corrected chi connectivity index (χ2v) is 7.80. The zero-order chi connectivity index (χ0) is 22.8. The van der Waals surface area contributed by atoms with E-state index >= 15 is 0 Å². The number of carbonyl (C=O) groups excluding carboxylic acids is 1. The molecule has 4 aromatic rings. The van der Waals surface area contributed by atoms with Crippen molar-refractivity contribution in [2.24, 2.45) is 7.05 Å². The Morgan fingerprint density at radius 2 is 1.81 bits per heavy atom. The Morgan fingerprint density at radius 1 is 1.09 bits per heavy atom. The molecule has 0 aliphatic rings. The zero-order valence-corrected chi connectivity index (χ0v) is 19.0. The van der Waals surface area contributed by atoms with Gasteiger partial charge in [-0.3, -0.25) is 9.59 Å². The monoisotopic (exact) mass is 432 g/mol. The van der Waals surface area contributed by atoms with E-state index in [1.165, 1.54) is 4.68 Å². The van der Waals surface area contributed by atoms with Crippen molar-refractivity contribution < 1.29 is 9.53 Å². The molecule has 0 spiro atoms. The number of benzene rings is 2. The molecule has 32 heavy (non-hydrogen) atoms. The van der Waals surface area contributed by atoms with Crippen LogP contribution in [0.4, 0.5) is 0 Å². The third kappa shape index (κ3) is 3.53. The van der Waals surface area contributed by atoms with Crippen molar-refractivity contribution in [1.82, 2.24) is 19.2 Å². The van der Waals surface area contributed by atoms with Gasteiger partial charge in [0.25, 0.3) is 11.5 Å². The van der Waals surface area contributed by atoms with Crippen molar-refractivity contribution in [3.63, 3.8) is 0 Å². The van der Waals surface area contributed by atoms with E-state index in [1.807, 2.05) is 42.8 Å². The van der Waals surface area contributed by atoms with Gasteiger partial charge in [0.15, 0.2) is 5.69 Å². The van der Waals surface area contributed by atoms with E-state index in [0.717, 1.165) is 23.7 Å². The van der Waals surface area contributed by atoms with E-state index in [-0.39, 0.29) is 11.5 Å². The number of hydrogen-bond acceptors (Lipinski definition) is 4. The quantitative estimate of drug-likeness (QED) is 0.440. The highest BCUT2D eigenvalue weighted by atomic mass is 16.5. The molecular formula is C25H28N4O3. The average molecular weight is 433 g/mol. The fraction of sp³-hybridized carbons (Fsp3) is 0.320. The highest BCUT2D eigenvalue weighted by molar-refractivity contribution is 6.16. The largest absolute Gasteiger partial charge is 0.497 e. The van der Waals surface area contributed by atoms with Gasteiger partial charge in [0.2, 0.25) is 0 Å². The number of ether oxygens (including phenoxy) is 1. The van der Waals surface area contributed by atoms with Crippen molar-refractivity contribution in [3.8, 4) is 11.4 Å². The number of amides is 1. The number of nitrogens with zero attached hydrogens (tertiary/aromatic N) is 4. The van der Waals surface area contributed by atoms with Crippen molar-refractivity contribution in [2.45, 2.75) is 26.7 Å². The number of unbranched alkanes of at least 4 members (excludes halogenated alkanes) is 1. The third-order valence-electron chi connectivity index (χ3n) is 5.91. The third-order valence-corrected chi connectivity index (χ3v) is 5.91. The summed E-state index contributed by atoms with van der Waals surface area (Å²) in [4.78, 5) is 29.0. The van der Waals surface area contributed by atoms with Gasteiger partial charge in [-0.05, 0) is 43.7 Å². The molecule has 0 fully saturated rings. The maximum atomic E-state index is 13.7. The average Bonchev–Trinajstić information content (AvgIpc) is 3.13. The van der Waals surface area contributed by atoms with Crippen LogP contribution in [0.3, 0.4) is 0 Å². The van der Waals surface area contributed by atoms with Gasteiger partial charge < -0.3 is 14.2 Å². The summed E-state index contributed by atoms with van der Waals surface area (Å²) in [5.41, 5.74) is 1.96. The highest BCUT2D eigenvalue weighted by Crippen LogP contribution is 2.29. The van der Waals surface area contributed by atoms with Gasteiger partial charge in [0.05, 0.1) is 12.8 Å². The molecule has 0 N–H and O–H groups in total. The molecule has 0 aliphatic carbocycles. The zero-order valence-electron chi connectivity index (χ0n) is 19.0. The van der Waals surface area contributed by atoms with Crippen LogP contribution in [-0.2, 0) is 7.05 Å². The minimum atomic E-state index is -0.267. The minimum Gasteiger partial charge on any atom is -0.497 e. The van der Waals surface area contributed by atoms with E-state index < -0.39 is 0 Å². The fourth-order valence-corrected chi connectivity index (χ4v) is 4.13. The van der Waals surface area contributed by atoms with Crippen LogP contribution < -0.4 is 10.3 Å². The highest BCUT2D eigenvalue weighted by Gasteiger charge is 2.26. The molecule has 0 radical (unpaired) electrons. The summed E-state index contributed by atoms with van der Waals surface area (Å²) in [6, 6.07) is 14.8. The molecule has 7 nitrogen and oxygen atoms in total. The van der Waals surface area contributed by atoms with E-state index in [1.54, 1.807) is 36.3 Å². The predicted octanol–water partition coefficient (Wildman–Crippen LogP) is 4.15. The first kappa shape index (κ1) is 21.6. The molecule has 0 bridgehead atoms. The number of aryl methyl sites for hydroxylation is 1. The molecule has 166 valence electrons. The summed E-state index contributed by atoms with van der Waals surface area (Å²) >= 11 is 0. The topological polar surface area (TPSA) is 69.4 Å². The van der Waals surface area contributed by atoms with Crippen molar-refractivity contribution in [3.05, 3.63) is 64.6 Å². The second kappa shape index (κ2) is 8.86. The molecule has 7 heteroatoms. The standard InChI is InChI=1S/C25H28N4O3/c1-5-7-16-28(6-2)24(30)22-21-19-10-8-9-11-20(19)27(3)23(21)25(31)29(26-22)17-12-14-18(32-4)15-13-17/h8-15H,5-7,16H2,1-4H3. The van der Waals surface area contributed by atoms with E-state index in [9.17, 15) is 9.59 Å². The molecule has 0 saturated heterocycles. The molecule has 2 aromatic heterocycles. The van der Waals surface area contributed by atoms with Gasteiger partial charge in [0.1, 0.15) is 11.3 Å². The molecule has 0 atom stereocenters. The normalized spacial score (nSPS) is 11.2. The van der Waals surface area contributed by atoms with E-state index in [2.05, 4.69) is 12.0 Å². The number of carbonyl (C=O) groups is 1. The lowest BCUT2D eigenvalue weighted by Gasteiger charge is -2.21. The Kier molecular flexibility index (Phi) is 5.99. The molecule has 0 unspecified atom stereocenters. The van der Waals surface area contributed by atoms with Gasteiger partial charge in [-0.25, -0.2) is 0 Å². The second-order valence-electron chi connectivity index (χ2n) is 7.80. The van der Waals surface area contributed by atoms with Crippen LogP contribution in [0.5, 0.6) is 5.75 Å². The Morgan fingerprint density at radius 3 is 2.47 bits per heavy atom. The molecule has 0 aliphatic heterocycles. The Labute approximate surface area is 186 Å². The minimum absolute atomic E-state index is 0.162. The number of rotatable bonds is 7. The fourth-order valence-electron chi connectivity index (χ4n) is 4.13. The first-order valence-corrected chi connectivity index (χ1v) is 11.0. The van der Waals surface area contributed by atoms with Crippen LogP contribution in [-0.4, -0.2) is 45.4 Å². The summed E-state index contributed by atoms with van der Waals surface area (Å²) in [5, 5.41) is 6.09. The van der Waals surface area contributed by atoms with E-state index in [0.29, 0.717) is 41.1 Å². The number of aromatic nitrogens is 3. The van der Waals surface area contributed by atoms with Crippen LogP contribution in [0, 0.1) is 0 Å². The maximum absolute atomic E-state index is 13.7. The van der Waals surface area contributed by atoms with Gasteiger partial charge >= 0.3 is 0 Å². The summed E-state index contributed by atoms with van der Waals surface area (Å²) < 4.78 is 8.41. The Bertz CT molecular complexity index is 1340. The summed E-state index contributed by atoms with van der Waals surface area (Å²) in [5.74, 6) is 0.519. The SMILES string of the molecule is CCCCN(CC)C(=O)c1nn(-c2ccc(OC)cc2)c(=O)c2c1c1ccccc1n2C. The molecule has 2 aromatic carbocycles. The van der Waals surface area contributed by atoms with Crippen molar-refractivity contribution in [2.75, 3.05) is 20.2 Å². The number of fused-ring (bicyclic) bond motifs is 3. The van der Waals surface area contributed by atoms with Gasteiger partial charge in [-0.1, -0.05) is 31.5 Å². The molecular weight excluding hydrogens is 404 g/mol. The van der Waals surface area contributed by atoms with Gasteiger partial charge in [-0.2, -0.15) is 9.78 Å². The van der Waals surface area contributed by atoms with Crippen molar-refractivity contribution >= 4 is 27.7 Å². The lowest BCUT2D eigenvalue weighted by molar-refractivity contribution is 0.0756. The maximum Gasteiger partial charge on any atom is 0.296 e. The van der Waals surface area contributed by atoms with E-state index in [4.69, 9.17) is 4.74 Å². The Hall–Kier alpha value is -3.61. The van der Waals surface area contributed by atoms with Crippen LogP contribution in [0.1, 0.15) is 37.2 Å². The molecule has 4 rings (SSSR count).